The highest BCUT2D eigenvalue weighted by Gasteiger charge is 2.18. The first-order valence-corrected chi connectivity index (χ1v) is 4.77. The van der Waals surface area contributed by atoms with Crippen molar-refractivity contribution in [3.63, 3.8) is 0 Å². The topological polar surface area (TPSA) is 36.1 Å². The SMILES string of the molecule is CC(C=NC#N)C1CCCCC1. The summed E-state index contributed by atoms with van der Waals surface area (Å²) in [5.74, 6) is 1.26. The van der Waals surface area contributed by atoms with E-state index in [0.717, 1.165) is 5.92 Å². The van der Waals surface area contributed by atoms with Crippen LogP contribution in [0.2, 0.25) is 0 Å². The van der Waals surface area contributed by atoms with Gasteiger partial charge in [0.25, 0.3) is 0 Å². The summed E-state index contributed by atoms with van der Waals surface area (Å²) in [6.07, 6.45) is 10.3. The molecule has 0 heterocycles. The van der Waals surface area contributed by atoms with Crippen LogP contribution in [-0.2, 0) is 0 Å². The number of hydrogen-bond acceptors (Lipinski definition) is 2. The Morgan fingerprint density at radius 2 is 2.08 bits per heavy atom. The normalized spacial score (nSPS) is 22.3. The zero-order valence-corrected chi connectivity index (χ0v) is 7.66. The van der Waals surface area contributed by atoms with Crippen molar-refractivity contribution in [1.82, 2.24) is 0 Å². The highest BCUT2D eigenvalue weighted by atomic mass is 14.7. The summed E-state index contributed by atoms with van der Waals surface area (Å²) in [6.45, 7) is 2.16. The lowest BCUT2D eigenvalue weighted by Gasteiger charge is -2.24. The molecule has 1 aliphatic rings. The summed E-state index contributed by atoms with van der Waals surface area (Å²) < 4.78 is 0. The predicted molar refractivity (Wildman–Crippen MR) is 49.8 cm³/mol. The van der Waals surface area contributed by atoms with Crippen LogP contribution in [0.15, 0.2) is 4.99 Å². The van der Waals surface area contributed by atoms with Crippen LogP contribution >= 0.6 is 0 Å². The van der Waals surface area contributed by atoms with Gasteiger partial charge in [0.2, 0.25) is 6.19 Å². The molecule has 0 aromatic rings. The first kappa shape index (κ1) is 9.25. The summed E-state index contributed by atoms with van der Waals surface area (Å²) in [6, 6.07) is 0. The number of nitriles is 1. The van der Waals surface area contributed by atoms with Crippen LogP contribution in [-0.4, -0.2) is 6.21 Å². The molecule has 1 aliphatic carbocycles. The van der Waals surface area contributed by atoms with Crippen LogP contribution in [0.1, 0.15) is 39.0 Å². The second kappa shape index (κ2) is 4.92. The second-order valence-electron chi connectivity index (χ2n) is 3.64. The molecule has 0 spiro atoms. The maximum absolute atomic E-state index is 8.27. The zero-order valence-electron chi connectivity index (χ0n) is 7.66. The lowest BCUT2D eigenvalue weighted by molar-refractivity contribution is 0.315. The number of rotatable bonds is 2. The summed E-state index contributed by atoms with van der Waals surface area (Å²) in [5.41, 5.74) is 0. The van der Waals surface area contributed by atoms with E-state index < -0.39 is 0 Å². The molecule has 0 N–H and O–H groups in total. The second-order valence-corrected chi connectivity index (χ2v) is 3.64. The van der Waals surface area contributed by atoms with E-state index in [4.69, 9.17) is 5.26 Å². The van der Waals surface area contributed by atoms with Crippen molar-refractivity contribution in [2.75, 3.05) is 0 Å². The Kier molecular flexibility index (Phi) is 3.79. The Hall–Kier alpha value is -0.840. The van der Waals surface area contributed by atoms with Gasteiger partial charge in [-0.3, -0.25) is 0 Å². The highest BCUT2D eigenvalue weighted by molar-refractivity contribution is 5.61. The molecule has 0 amide bonds. The molecule has 1 unspecified atom stereocenters. The van der Waals surface area contributed by atoms with Gasteiger partial charge in [0.15, 0.2) is 0 Å². The van der Waals surface area contributed by atoms with Crippen LogP contribution in [0.3, 0.4) is 0 Å². The molecule has 2 nitrogen and oxygen atoms in total. The monoisotopic (exact) mass is 164 g/mol. The van der Waals surface area contributed by atoms with Crippen molar-refractivity contribution in [3.8, 4) is 6.19 Å². The Morgan fingerprint density at radius 1 is 1.42 bits per heavy atom. The minimum absolute atomic E-state index is 0.491. The van der Waals surface area contributed by atoms with Gasteiger partial charge >= 0.3 is 0 Å². The van der Waals surface area contributed by atoms with Gasteiger partial charge < -0.3 is 0 Å². The van der Waals surface area contributed by atoms with Crippen molar-refractivity contribution >= 4 is 6.21 Å². The molecule has 0 saturated heterocycles. The molecule has 0 aliphatic heterocycles. The van der Waals surface area contributed by atoms with Crippen molar-refractivity contribution in [2.24, 2.45) is 16.8 Å². The van der Waals surface area contributed by atoms with E-state index >= 15 is 0 Å². The Bertz CT molecular complexity index is 185. The van der Waals surface area contributed by atoms with E-state index in [0.29, 0.717) is 5.92 Å². The fourth-order valence-electron chi connectivity index (χ4n) is 1.93. The first-order chi connectivity index (χ1) is 5.84. The molecule has 12 heavy (non-hydrogen) atoms. The Morgan fingerprint density at radius 3 is 2.67 bits per heavy atom. The molecular formula is C10H16N2. The Balaban J connectivity index is 2.35. The van der Waals surface area contributed by atoms with Crippen LogP contribution in [0, 0.1) is 23.3 Å². The van der Waals surface area contributed by atoms with Gasteiger partial charge in [-0.05, 0) is 24.7 Å². The van der Waals surface area contributed by atoms with Gasteiger partial charge in [0.1, 0.15) is 0 Å². The summed E-state index contributed by atoms with van der Waals surface area (Å²) >= 11 is 0. The fraction of sp³-hybridized carbons (Fsp3) is 0.800. The van der Waals surface area contributed by atoms with Crippen LogP contribution in [0.5, 0.6) is 0 Å². The van der Waals surface area contributed by atoms with Gasteiger partial charge in [0, 0.05) is 6.21 Å². The van der Waals surface area contributed by atoms with E-state index in [2.05, 4.69) is 11.9 Å². The van der Waals surface area contributed by atoms with Crippen LogP contribution < -0.4 is 0 Å². The molecule has 0 aromatic carbocycles. The minimum Gasteiger partial charge on any atom is -0.186 e. The minimum atomic E-state index is 0.491. The van der Waals surface area contributed by atoms with E-state index in [9.17, 15) is 0 Å². The summed E-state index contributed by atoms with van der Waals surface area (Å²) in [5, 5.41) is 8.27. The predicted octanol–water partition coefficient (Wildman–Crippen LogP) is 2.75. The third-order valence-corrected chi connectivity index (χ3v) is 2.76. The molecule has 0 aromatic heterocycles. The molecular weight excluding hydrogens is 148 g/mol. The average Bonchev–Trinajstić information content (AvgIpc) is 2.15. The van der Waals surface area contributed by atoms with Gasteiger partial charge in [-0.15, -0.1) is 0 Å². The molecule has 66 valence electrons. The molecule has 1 fully saturated rings. The van der Waals surface area contributed by atoms with Crippen LogP contribution in [0.4, 0.5) is 0 Å². The molecule has 1 saturated carbocycles. The van der Waals surface area contributed by atoms with Gasteiger partial charge in [-0.2, -0.15) is 10.3 Å². The molecule has 1 atom stereocenters. The third-order valence-electron chi connectivity index (χ3n) is 2.76. The number of hydrogen-bond donors (Lipinski definition) is 0. The van der Waals surface area contributed by atoms with Gasteiger partial charge in [0.05, 0.1) is 0 Å². The molecule has 2 heteroatoms. The van der Waals surface area contributed by atoms with Gasteiger partial charge in [-0.25, -0.2) is 0 Å². The average molecular weight is 164 g/mol. The van der Waals surface area contributed by atoms with Crippen molar-refractivity contribution in [3.05, 3.63) is 0 Å². The standard InChI is InChI=1S/C10H16N2/c1-9(7-12-8-11)10-5-3-2-4-6-10/h7,9-10H,2-6H2,1H3. The smallest absolute Gasteiger partial charge is 0.186 e. The van der Waals surface area contributed by atoms with E-state index in [1.165, 1.54) is 32.1 Å². The lowest BCUT2D eigenvalue weighted by atomic mass is 9.81. The fourth-order valence-corrected chi connectivity index (χ4v) is 1.93. The van der Waals surface area contributed by atoms with E-state index in [1.807, 2.05) is 6.19 Å². The summed E-state index contributed by atoms with van der Waals surface area (Å²) in [4.78, 5) is 3.63. The maximum atomic E-state index is 8.27. The lowest BCUT2D eigenvalue weighted by Crippen LogP contribution is -2.16. The largest absolute Gasteiger partial charge is 0.205 e. The van der Waals surface area contributed by atoms with Crippen molar-refractivity contribution < 1.29 is 0 Å². The highest BCUT2D eigenvalue weighted by Crippen LogP contribution is 2.28. The quantitative estimate of drug-likeness (QED) is 0.456. The number of aliphatic imine (C=N–C) groups is 1. The first-order valence-electron chi connectivity index (χ1n) is 4.77. The van der Waals surface area contributed by atoms with E-state index in [1.54, 1.807) is 6.21 Å². The molecule has 0 radical (unpaired) electrons. The zero-order chi connectivity index (χ0) is 8.81. The van der Waals surface area contributed by atoms with Crippen molar-refractivity contribution in [1.29, 1.82) is 5.26 Å². The number of nitrogens with zero attached hydrogens (tertiary/aromatic N) is 2. The molecule has 1 rings (SSSR count). The summed E-state index contributed by atoms with van der Waals surface area (Å²) in [7, 11) is 0. The maximum Gasteiger partial charge on any atom is 0.205 e. The molecule has 0 bridgehead atoms. The van der Waals surface area contributed by atoms with E-state index in [-0.39, 0.29) is 0 Å². The third kappa shape index (κ3) is 2.65. The van der Waals surface area contributed by atoms with Gasteiger partial charge in [-0.1, -0.05) is 26.2 Å². The Labute approximate surface area is 74.3 Å². The van der Waals surface area contributed by atoms with Crippen LogP contribution in [0.25, 0.3) is 0 Å². The van der Waals surface area contributed by atoms with Crippen molar-refractivity contribution in [2.45, 2.75) is 39.0 Å².